The number of nitrogens with zero attached hydrogens (tertiary/aromatic N) is 6. The number of para-hydroxylation sites is 1. The van der Waals surface area contributed by atoms with Gasteiger partial charge in [0.2, 0.25) is 0 Å². The molecule has 0 amide bonds. The molecule has 1 aliphatic heterocycles. The largest absolute Gasteiger partial charge is 0.362 e. The molecule has 3 aromatic rings. The Morgan fingerprint density at radius 3 is 2.72 bits per heavy atom. The lowest BCUT2D eigenvalue weighted by Gasteiger charge is -2.29. The van der Waals surface area contributed by atoms with Crippen LogP contribution in [0.25, 0.3) is 5.69 Å². The highest BCUT2D eigenvalue weighted by Crippen LogP contribution is 2.25. The summed E-state index contributed by atoms with van der Waals surface area (Å²) in [4.78, 5) is 13.4. The summed E-state index contributed by atoms with van der Waals surface area (Å²) < 4.78 is 1.93. The molecule has 0 aliphatic carbocycles. The van der Waals surface area contributed by atoms with Crippen molar-refractivity contribution >= 4 is 5.82 Å². The Hall–Kier alpha value is -2.73. The molecule has 0 unspecified atom stereocenters. The van der Waals surface area contributed by atoms with Gasteiger partial charge in [-0.2, -0.15) is 5.10 Å². The quantitative estimate of drug-likeness (QED) is 0.733. The van der Waals surface area contributed by atoms with Crippen LogP contribution in [0.5, 0.6) is 0 Å². The van der Waals surface area contributed by atoms with Gasteiger partial charge in [0.1, 0.15) is 12.1 Å². The van der Waals surface area contributed by atoms with Crippen molar-refractivity contribution in [2.75, 3.05) is 25.5 Å². The monoisotopic (exact) mass is 334 g/mol. The van der Waals surface area contributed by atoms with E-state index in [-0.39, 0.29) is 0 Å². The van der Waals surface area contributed by atoms with E-state index in [1.165, 1.54) is 11.3 Å². The number of aromatic nitrogens is 4. The van der Waals surface area contributed by atoms with E-state index in [2.05, 4.69) is 38.0 Å². The Morgan fingerprint density at radius 1 is 1.08 bits per heavy atom. The summed E-state index contributed by atoms with van der Waals surface area (Å²) in [5, 5.41) is 4.72. The minimum absolute atomic E-state index is 0.834. The fourth-order valence-corrected chi connectivity index (χ4v) is 3.30. The maximum Gasteiger partial charge on any atom is 0.136 e. The topological polar surface area (TPSA) is 50.1 Å². The van der Waals surface area contributed by atoms with Crippen molar-refractivity contribution in [3.63, 3.8) is 0 Å². The number of hydrogen-bond acceptors (Lipinski definition) is 5. The predicted octanol–water partition coefficient (Wildman–Crippen LogP) is 2.29. The maximum absolute atomic E-state index is 4.72. The van der Waals surface area contributed by atoms with Crippen LogP contribution in [0.3, 0.4) is 0 Å². The molecule has 1 aliphatic rings. The van der Waals surface area contributed by atoms with Gasteiger partial charge >= 0.3 is 0 Å². The van der Waals surface area contributed by atoms with Gasteiger partial charge in [0.15, 0.2) is 0 Å². The van der Waals surface area contributed by atoms with E-state index in [0.717, 1.165) is 43.3 Å². The van der Waals surface area contributed by atoms with E-state index in [1.807, 2.05) is 43.2 Å². The van der Waals surface area contributed by atoms with Gasteiger partial charge in [0, 0.05) is 51.9 Å². The first-order valence-electron chi connectivity index (χ1n) is 8.53. The van der Waals surface area contributed by atoms with Gasteiger partial charge in [-0.15, -0.1) is 0 Å². The van der Waals surface area contributed by atoms with E-state index in [4.69, 9.17) is 5.10 Å². The lowest BCUT2D eigenvalue weighted by Crippen LogP contribution is -2.32. The third kappa shape index (κ3) is 3.25. The molecule has 0 radical (unpaired) electrons. The van der Waals surface area contributed by atoms with Gasteiger partial charge in [-0.25, -0.2) is 14.6 Å². The summed E-state index contributed by atoms with van der Waals surface area (Å²) in [6.45, 7) is 2.69. The Morgan fingerprint density at radius 2 is 1.92 bits per heavy atom. The molecule has 0 atom stereocenters. The summed E-state index contributed by atoms with van der Waals surface area (Å²) >= 11 is 0. The molecule has 2 aromatic heterocycles. The standard InChI is InChI=1S/C19H22N6/c1-23(2)19-17-13-24(10-9-18(17)20-14-21-19)12-15-8-11-25(22-15)16-6-4-3-5-7-16/h3-8,11,14H,9-10,12-13H2,1-2H3. The van der Waals surface area contributed by atoms with Gasteiger partial charge in [-0.1, -0.05) is 18.2 Å². The number of anilines is 1. The van der Waals surface area contributed by atoms with Crippen molar-refractivity contribution < 1.29 is 0 Å². The second kappa shape index (κ2) is 6.64. The molecule has 128 valence electrons. The smallest absolute Gasteiger partial charge is 0.136 e. The first-order chi connectivity index (χ1) is 12.2. The van der Waals surface area contributed by atoms with Crippen molar-refractivity contribution in [1.29, 1.82) is 0 Å². The summed E-state index contributed by atoms with van der Waals surface area (Å²) in [6, 6.07) is 12.3. The summed E-state index contributed by atoms with van der Waals surface area (Å²) in [5.74, 6) is 1.02. The zero-order valence-corrected chi connectivity index (χ0v) is 14.6. The molecule has 0 fully saturated rings. The SMILES string of the molecule is CN(C)c1ncnc2c1CN(Cc1ccn(-c3ccccc3)n1)CC2. The zero-order chi connectivity index (χ0) is 17.2. The van der Waals surface area contributed by atoms with E-state index in [1.54, 1.807) is 6.33 Å². The average molecular weight is 334 g/mol. The Bertz CT molecular complexity index is 855. The maximum atomic E-state index is 4.72. The molecule has 0 saturated heterocycles. The minimum Gasteiger partial charge on any atom is -0.362 e. The van der Waals surface area contributed by atoms with Crippen LogP contribution < -0.4 is 4.90 Å². The fraction of sp³-hybridized carbons (Fsp3) is 0.316. The van der Waals surface area contributed by atoms with Gasteiger partial charge < -0.3 is 4.90 Å². The highest BCUT2D eigenvalue weighted by Gasteiger charge is 2.22. The summed E-state index contributed by atoms with van der Waals surface area (Å²) in [6.07, 6.45) is 4.65. The summed E-state index contributed by atoms with van der Waals surface area (Å²) in [7, 11) is 4.06. The zero-order valence-electron chi connectivity index (χ0n) is 14.6. The summed E-state index contributed by atoms with van der Waals surface area (Å²) in [5.41, 5.74) is 4.57. The van der Waals surface area contributed by atoms with Gasteiger partial charge in [-0.05, 0) is 18.2 Å². The van der Waals surface area contributed by atoms with Gasteiger partial charge in [0.05, 0.1) is 17.1 Å². The highest BCUT2D eigenvalue weighted by atomic mass is 15.3. The van der Waals surface area contributed by atoms with Crippen LogP contribution >= 0.6 is 0 Å². The molecule has 25 heavy (non-hydrogen) atoms. The van der Waals surface area contributed by atoms with Crippen molar-refractivity contribution in [2.45, 2.75) is 19.5 Å². The van der Waals surface area contributed by atoms with Crippen LogP contribution in [0.15, 0.2) is 48.9 Å². The Kier molecular flexibility index (Phi) is 4.19. The van der Waals surface area contributed by atoms with Crippen molar-refractivity contribution in [3.8, 4) is 5.69 Å². The lowest BCUT2D eigenvalue weighted by atomic mass is 10.1. The molecule has 0 N–H and O–H groups in total. The number of hydrogen-bond donors (Lipinski definition) is 0. The van der Waals surface area contributed by atoms with Crippen molar-refractivity contribution in [2.24, 2.45) is 0 Å². The average Bonchev–Trinajstić information content (AvgIpc) is 3.10. The van der Waals surface area contributed by atoms with Crippen LogP contribution in [0.4, 0.5) is 5.82 Å². The lowest BCUT2D eigenvalue weighted by molar-refractivity contribution is 0.240. The van der Waals surface area contributed by atoms with Crippen LogP contribution in [0.2, 0.25) is 0 Å². The Labute approximate surface area is 147 Å². The Balaban J connectivity index is 1.51. The molecule has 4 rings (SSSR count). The van der Waals surface area contributed by atoms with Crippen LogP contribution in [0, 0.1) is 0 Å². The first-order valence-corrected chi connectivity index (χ1v) is 8.53. The second-order valence-electron chi connectivity index (χ2n) is 6.56. The van der Waals surface area contributed by atoms with E-state index < -0.39 is 0 Å². The molecule has 3 heterocycles. The molecule has 6 heteroatoms. The van der Waals surface area contributed by atoms with E-state index in [0.29, 0.717) is 0 Å². The number of benzene rings is 1. The molecular weight excluding hydrogens is 312 g/mol. The van der Waals surface area contributed by atoms with Gasteiger partial charge in [-0.3, -0.25) is 4.90 Å². The molecule has 0 bridgehead atoms. The normalized spacial score (nSPS) is 14.3. The van der Waals surface area contributed by atoms with Gasteiger partial charge in [0.25, 0.3) is 0 Å². The fourth-order valence-electron chi connectivity index (χ4n) is 3.30. The predicted molar refractivity (Wildman–Crippen MR) is 97.7 cm³/mol. The van der Waals surface area contributed by atoms with Crippen LogP contribution in [-0.4, -0.2) is 45.3 Å². The number of fused-ring (bicyclic) bond motifs is 1. The van der Waals surface area contributed by atoms with Crippen LogP contribution in [-0.2, 0) is 19.5 Å². The highest BCUT2D eigenvalue weighted by molar-refractivity contribution is 5.48. The third-order valence-corrected chi connectivity index (χ3v) is 4.53. The van der Waals surface area contributed by atoms with Crippen LogP contribution in [0.1, 0.15) is 17.0 Å². The molecule has 0 saturated carbocycles. The first kappa shape index (κ1) is 15.8. The molecule has 1 aromatic carbocycles. The third-order valence-electron chi connectivity index (χ3n) is 4.53. The van der Waals surface area contributed by atoms with Crippen molar-refractivity contribution in [1.82, 2.24) is 24.6 Å². The van der Waals surface area contributed by atoms with E-state index >= 15 is 0 Å². The van der Waals surface area contributed by atoms with Crippen molar-refractivity contribution in [3.05, 3.63) is 65.9 Å². The molecular formula is C19H22N6. The molecule has 0 spiro atoms. The molecule has 6 nitrogen and oxygen atoms in total. The number of rotatable bonds is 4. The minimum atomic E-state index is 0.834. The van der Waals surface area contributed by atoms with E-state index in [9.17, 15) is 0 Å². The second-order valence-corrected chi connectivity index (χ2v) is 6.56.